The Morgan fingerprint density at radius 2 is 2.00 bits per heavy atom. The molecule has 0 fully saturated rings. The first kappa shape index (κ1) is 15.1. The maximum atomic E-state index is 10.9. The van der Waals surface area contributed by atoms with Gasteiger partial charge in [0.05, 0.1) is 6.26 Å². The first-order chi connectivity index (χ1) is 8.31. The molecule has 0 amide bonds. The van der Waals surface area contributed by atoms with Crippen LogP contribution in [0.1, 0.15) is 25.3 Å². The Bertz CT molecular complexity index is 505. The molecule has 18 heavy (non-hydrogen) atoms. The van der Waals surface area contributed by atoms with E-state index in [2.05, 4.69) is 20.0 Å². The summed E-state index contributed by atoms with van der Waals surface area (Å²) in [5.74, 6) is 0.823. The molecule has 0 radical (unpaired) electrons. The van der Waals surface area contributed by atoms with E-state index in [1.807, 2.05) is 13.8 Å². The van der Waals surface area contributed by atoms with E-state index in [9.17, 15) is 8.42 Å². The second kappa shape index (κ2) is 6.31. The molecule has 102 valence electrons. The summed E-state index contributed by atoms with van der Waals surface area (Å²) >= 11 is 6.01. The molecule has 0 saturated carbocycles. The van der Waals surface area contributed by atoms with Crippen LogP contribution in [0.4, 0.5) is 5.82 Å². The summed E-state index contributed by atoms with van der Waals surface area (Å²) in [5.41, 5.74) is 0.832. The lowest BCUT2D eigenvalue weighted by Gasteiger charge is -2.14. The Kier molecular flexibility index (Phi) is 5.30. The van der Waals surface area contributed by atoms with E-state index in [-0.39, 0.29) is 12.5 Å². The molecule has 0 bridgehead atoms. The lowest BCUT2D eigenvalue weighted by molar-refractivity contribution is 0.589. The maximum Gasteiger partial charge on any atom is 0.208 e. The molecule has 0 aliphatic rings. The SMILES string of the molecule is CC(C)c1c(Cl)ncnc1NCCNS(C)(=O)=O. The van der Waals surface area contributed by atoms with Crippen LogP contribution in [-0.2, 0) is 10.0 Å². The monoisotopic (exact) mass is 292 g/mol. The number of aromatic nitrogens is 2. The zero-order valence-corrected chi connectivity index (χ0v) is 12.1. The Morgan fingerprint density at radius 1 is 1.33 bits per heavy atom. The van der Waals surface area contributed by atoms with Gasteiger partial charge in [0.1, 0.15) is 17.3 Å². The average Bonchev–Trinajstić information content (AvgIpc) is 2.22. The van der Waals surface area contributed by atoms with Crippen LogP contribution in [0.2, 0.25) is 5.15 Å². The van der Waals surface area contributed by atoms with Gasteiger partial charge in [-0.1, -0.05) is 25.4 Å². The number of nitrogens with one attached hydrogen (secondary N) is 2. The fraction of sp³-hybridized carbons (Fsp3) is 0.600. The minimum absolute atomic E-state index is 0.184. The van der Waals surface area contributed by atoms with Crippen LogP contribution in [0.25, 0.3) is 0 Å². The Labute approximate surface area is 112 Å². The molecule has 1 rings (SSSR count). The van der Waals surface area contributed by atoms with Gasteiger partial charge in [0.2, 0.25) is 10.0 Å². The van der Waals surface area contributed by atoms with Crippen molar-refractivity contribution in [3.63, 3.8) is 0 Å². The molecule has 6 nitrogen and oxygen atoms in total. The highest BCUT2D eigenvalue weighted by atomic mass is 35.5. The van der Waals surface area contributed by atoms with Crippen molar-refractivity contribution in [3.8, 4) is 0 Å². The topological polar surface area (TPSA) is 84.0 Å². The molecule has 0 aromatic carbocycles. The van der Waals surface area contributed by atoms with Crippen molar-refractivity contribution in [3.05, 3.63) is 17.0 Å². The van der Waals surface area contributed by atoms with E-state index in [1.54, 1.807) is 0 Å². The molecule has 0 aliphatic carbocycles. The van der Waals surface area contributed by atoms with Gasteiger partial charge in [0.15, 0.2) is 0 Å². The fourth-order valence-electron chi connectivity index (χ4n) is 1.44. The van der Waals surface area contributed by atoms with Crippen molar-refractivity contribution in [2.75, 3.05) is 24.7 Å². The predicted octanol–water partition coefficient (Wildman–Crippen LogP) is 1.21. The van der Waals surface area contributed by atoms with Gasteiger partial charge < -0.3 is 5.32 Å². The third-order valence-electron chi connectivity index (χ3n) is 2.19. The molecule has 1 aromatic heterocycles. The molecular formula is C10H17ClN4O2S. The van der Waals surface area contributed by atoms with E-state index in [0.29, 0.717) is 17.5 Å². The smallest absolute Gasteiger partial charge is 0.208 e. The van der Waals surface area contributed by atoms with Gasteiger partial charge in [0, 0.05) is 18.7 Å². The largest absolute Gasteiger partial charge is 0.368 e. The minimum Gasteiger partial charge on any atom is -0.368 e. The summed E-state index contributed by atoms with van der Waals surface area (Å²) < 4.78 is 24.2. The van der Waals surface area contributed by atoms with Gasteiger partial charge in [-0.05, 0) is 5.92 Å². The van der Waals surface area contributed by atoms with Crippen molar-refractivity contribution in [2.45, 2.75) is 19.8 Å². The first-order valence-electron chi connectivity index (χ1n) is 5.50. The molecule has 8 heteroatoms. The molecule has 0 unspecified atom stereocenters. The normalized spacial score (nSPS) is 11.8. The molecule has 1 heterocycles. The summed E-state index contributed by atoms with van der Waals surface area (Å²) in [6, 6.07) is 0. The third kappa shape index (κ3) is 4.75. The number of anilines is 1. The van der Waals surface area contributed by atoms with Gasteiger partial charge in [-0.25, -0.2) is 23.1 Å². The number of halogens is 1. The fourth-order valence-corrected chi connectivity index (χ4v) is 2.27. The number of rotatable bonds is 6. The van der Waals surface area contributed by atoms with Crippen LogP contribution in [-0.4, -0.2) is 37.7 Å². The van der Waals surface area contributed by atoms with Crippen LogP contribution in [0.15, 0.2) is 6.33 Å². The quantitative estimate of drug-likeness (QED) is 0.608. The molecule has 0 saturated heterocycles. The van der Waals surface area contributed by atoms with Gasteiger partial charge in [0.25, 0.3) is 0 Å². The molecular weight excluding hydrogens is 276 g/mol. The Morgan fingerprint density at radius 3 is 2.56 bits per heavy atom. The standard InChI is InChI=1S/C10H17ClN4O2S/c1-7(2)8-9(11)13-6-14-10(8)12-4-5-15-18(3,16)17/h6-7,15H,4-5H2,1-3H3,(H,12,13,14). The Hall–Kier alpha value is -0.920. The van der Waals surface area contributed by atoms with Crippen LogP contribution in [0.5, 0.6) is 0 Å². The summed E-state index contributed by atoms with van der Waals surface area (Å²) in [6.45, 7) is 4.70. The lowest BCUT2D eigenvalue weighted by Crippen LogP contribution is -2.28. The van der Waals surface area contributed by atoms with Crippen LogP contribution >= 0.6 is 11.6 Å². The predicted molar refractivity (Wildman–Crippen MR) is 72.5 cm³/mol. The molecule has 0 aliphatic heterocycles. The van der Waals surface area contributed by atoms with Gasteiger partial charge in [-0.3, -0.25) is 0 Å². The molecule has 0 spiro atoms. The van der Waals surface area contributed by atoms with Crippen molar-refractivity contribution < 1.29 is 8.42 Å². The number of nitrogens with zero attached hydrogens (tertiary/aromatic N) is 2. The Balaban J connectivity index is 2.65. The summed E-state index contributed by atoms with van der Waals surface area (Å²) in [4.78, 5) is 8.04. The van der Waals surface area contributed by atoms with Gasteiger partial charge >= 0.3 is 0 Å². The van der Waals surface area contributed by atoms with E-state index < -0.39 is 10.0 Å². The van der Waals surface area contributed by atoms with Crippen molar-refractivity contribution >= 4 is 27.4 Å². The van der Waals surface area contributed by atoms with Crippen LogP contribution in [0, 0.1) is 0 Å². The average molecular weight is 293 g/mol. The van der Waals surface area contributed by atoms with E-state index in [1.165, 1.54) is 6.33 Å². The van der Waals surface area contributed by atoms with Crippen LogP contribution in [0.3, 0.4) is 0 Å². The second-order valence-corrected chi connectivity index (χ2v) is 6.37. The molecule has 1 aromatic rings. The summed E-state index contributed by atoms with van der Waals surface area (Å²) in [7, 11) is -3.16. The number of hydrogen-bond acceptors (Lipinski definition) is 5. The third-order valence-corrected chi connectivity index (χ3v) is 3.22. The van der Waals surface area contributed by atoms with Crippen molar-refractivity contribution in [2.24, 2.45) is 0 Å². The van der Waals surface area contributed by atoms with E-state index in [0.717, 1.165) is 11.8 Å². The van der Waals surface area contributed by atoms with Gasteiger partial charge in [-0.15, -0.1) is 0 Å². The zero-order chi connectivity index (χ0) is 13.8. The van der Waals surface area contributed by atoms with E-state index >= 15 is 0 Å². The van der Waals surface area contributed by atoms with Crippen molar-refractivity contribution in [1.82, 2.24) is 14.7 Å². The second-order valence-electron chi connectivity index (χ2n) is 4.17. The minimum atomic E-state index is -3.16. The maximum absolute atomic E-state index is 10.9. The van der Waals surface area contributed by atoms with E-state index in [4.69, 9.17) is 11.6 Å². The molecule has 2 N–H and O–H groups in total. The highest BCUT2D eigenvalue weighted by Gasteiger charge is 2.13. The van der Waals surface area contributed by atoms with Gasteiger partial charge in [-0.2, -0.15) is 0 Å². The lowest BCUT2D eigenvalue weighted by atomic mass is 10.1. The highest BCUT2D eigenvalue weighted by molar-refractivity contribution is 7.88. The summed E-state index contributed by atoms with van der Waals surface area (Å²) in [5, 5.41) is 3.46. The van der Waals surface area contributed by atoms with Crippen molar-refractivity contribution in [1.29, 1.82) is 0 Å². The summed E-state index contributed by atoms with van der Waals surface area (Å²) in [6.07, 6.45) is 2.49. The van der Waals surface area contributed by atoms with Crippen LogP contribution < -0.4 is 10.0 Å². The number of hydrogen-bond donors (Lipinski definition) is 2. The molecule has 0 atom stereocenters. The highest BCUT2D eigenvalue weighted by Crippen LogP contribution is 2.27. The first-order valence-corrected chi connectivity index (χ1v) is 7.77. The number of sulfonamides is 1. The zero-order valence-electron chi connectivity index (χ0n) is 10.6.